The third kappa shape index (κ3) is 3.02. The second-order valence-corrected chi connectivity index (χ2v) is 7.09. The molecule has 0 fully saturated rings. The largest absolute Gasteiger partial charge is 0.487 e. The zero-order valence-electron chi connectivity index (χ0n) is 14.2. The number of ether oxygens (including phenoxy) is 1. The Hall–Kier alpha value is -2.33. The molecule has 1 aromatic carbocycles. The van der Waals surface area contributed by atoms with E-state index in [0.29, 0.717) is 0 Å². The summed E-state index contributed by atoms with van der Waals surface area (Å²) in [5, 5.41) is 4.64. The van der Waals surface area contributed by atoms with Crippen molar-refractivity contribution in [3.8, 4) is 5.75 Å². The average molecular weight is 321 g/mol. The summed E-state index contributed by atoms with van der Waals surface area (Å²) in [5.74, 6) is 1.09. The third-order valence-corrected chi connectivity index (χ3v) is 4.52. The van der Waals surface area contributed by atoms with Gasteiger partial charge in [-0.05, 0) is 56.1 Å². The highest BCUT2D eigenvalue weighted by atomic mass is 16.5. The lowest BCUT2D eigenvalue weighted by Crippen LogP contribution is -2.25. The number of hydrogen-bond donors (Lipinski definition) is 2. The molecule has 4 rings (SSSR count). The first kappa shape index (κ1) is 15.2. The molecule has 0 radical (unpaired) electrons. The zero-order chi connectivity index (χ0) is 16.6. The first-order valence-corrected chi connectivity index (χ1v) is 8.54. The molecule has 0 bridgehead atoms. The van der Waals surface area contributed by atoms with Crippen molar-refractivity contribution in [1.82, 2.24) is 15.3 Å². The summed E-state index contributed by atoms with van der Waals surface area (Å²) in [4.78, 5) is 7.77. The van der Waals surface area contributed by atoms with E-state index < -0.39 is 0 Å². The standard InChI is InChI=1S/C20H23N3O/c1-20(2)12-16-5-3-4-14(18(16)24-20)8-10-21-13-17-7-6-15-9-11-22-19(15)23-17/h3-7,9,11,21H,8,10,12-13H2,1-2H3,(H,22,23). The van der Waals surface area contributed by atoms with Crippen LogP contribution in [0.25, 0.3) is 11.0 Å². The van der Waals surface area contributed by atoms with Gasteiger partial charge < -0.3 is 15.0 Å². The fraction of sp³-hybridized carbons (Fsp3) is 0.350. The molecule has 0 unspecified atom stereocenters. The lowest BCUT2D eigenvalue weighted by atomic mass is 10.00. The third-order valence-electron chi connectivity index (χ3n) is 4.52. The highest BCUT2D eigenvalue weighted by Crippen LogP contribution is 2.37. The van der Waals surface area contributed by atoms with Gasteiger partial charge in [0.15, 0.2) is 0 Å². The fourth-order valence-electron chi connectivity index (χ4n) is 3.38. The van der Waals surface area contributed by atoms with Crippen molar-refractivity contribution in [3.63, 3.8) is 0 Å². The Morgan fingerprint density at radius 3 is 3.04 bits per heavy atom. The molecule has 0 atom stereocenters. The van der Waals surface area contributed by atoms with E-state index in [0.717, 1.165) is 48.4 Å². The van der Waals surface area contributed by atoms with Gasteiger partial charge >= 0.3 is 0 Å². The van der Waals surface area contributed by atoms with Gasteiger partial charge in [0, 0.05) is 24.5 Å². The summed E-state index contributed by atoms with van der Waals surface area (Å²) < 4.78 is 6.14. The maximum atomic E-state index is 6.14. The van der Waals surface area contributed by atoms with Crippen molar-refractivity contribution in [2.75, 3.05) is 6.54 Å². The number of aromatic amines is 1. The molecule has 4 nitrogen and oxygen atoms in total. The second kappa shape index (κ2) is 5.95. The van der Waals surface area contributed by atoms with Crippen LogP contribution in [0.5, 0.6) is 5.75 Å². The topological polar surface area (TPSA) is 49.9 Å². The van der Waals surface area contributed by atoms with Crippen molar-refractivity contribution >= 4 is 11.0 Å². The van der Waals surface area contributed by atoms with Crippen molar-refractivity contribution in [3.05, 3.63) is 59.4 Å². The van der Waals surface area contributed by atoms with E-state index in [2.05, 4.69) is 59.5 Å². The van der Waals surface area contributed by atoms with Crippen LogP contribution < -0.4 is 10.1 Å². The Bertz CT molecular complexity index is 866. The van der Waals surface area contributed by atoms with Gasteiger partial charge in [-0.2, -0.15) is 0 Å². The Labute approximate surface area is 142 Å². The summed E-state index contributed by atoms with van der Waals surface area (Å²) in [6, 6.07) is 12.7. The molecule has 24 heavy (non-hydrogen) atoms. The van der Waals surface area contributed by atoms with Crippen LogP contribution in [0.3, 0.4) is 0 Å². The number of aromatic nitrogens is 2. The number of nitrogens with one attached hydrogen (secondary N) is 2. The Kier molecular flexibility index (Phi) is 3.77. The molecule has 1 aliphatic rings. The SMILES string of the molecule is CC1(C)Cc2cccc(CCNCc3ccc4cc[nH]c4n3)c2O1. The average Bonchev–Trinajstić information content (AvgIpc) is 3.13. The summed E-state index contributed by atoms with van der Waals surface area (Å²) in [6.45, 7) is 5.98. The summed E-state index contributed by atoms with van der Waals surface area (Å²) in [6.07, 6.45) is 3.88. The van der Waals surface area contributed by atoms with E-state index in [9.17, 15) is 0 Å². The number of para-hydroxylation sites is 1. The van der Waals surface area contributed by atoms with Gasteiger partial charge in [-0.15, -0.1) is 0 Å². The van der Waals surface area contributed by atoms with Gasteiger partial charge in [-0.25, -0.2) is 4.98 Å². The molecule has 3 aromatic rings. The van der Waals surface area contributed by atoms with Crippen LogP contribution in [0.4, 0.5) is 0 Å². The Morgan fingerprint density at radius 1 is 1.21 bits per heavy atom. The monoisotopic (exact) mass is 321 g/mol. The molecule has 0 spiro atoms. The van der Waals surface area contributed by atoms with E-state index in [1.807, 2.05) is 12.3 Å². The van der Waals surface area contributed by atoms with Crippen LogP contribution in [0, 0.1) is 0 Å². The Balaban J connectivity index is 1.36. The molecule has 1 aliphatic heterocycles. The minimum absolute atomic E-state index is 0.0821. The maximum Gasteiger partial charge on any atom is 0.137 e. The molecule has 0 saturated carbocycles. The lowest BCUT2D eigenvalue weighted by molar-refractivity contribution is 0.137. The first-order valence-electron chi connectivity index (χ1n) is 8.54. The van der Waals surface area contributed by atoms with E-state index in [4.69, 9.17) is 4.74 Å². The minimum Gasteiger partial charge on any atom is -0.487 e. The molecule has 0 saturated heterocycles. The molecule has 3 heterocycles. The van der Waals surface area contributed by atoms with Crippen molar-refractivity contribution in [2.45, 2.75) is 38.8 Å². The second-order valence-electron chi connectivity index (χ2n) is 7.09. The number of pyridine rings is 1. The lowest BCUT2D eigenvalue weighted by Gasteiger charge is -2.18. The van der Waals surface area contributed by atoms with Crippen LogP contribution >= 0.6 is 0 Å². The fourth-order valence-corrected chi connectivity index (χ4v) is 3.38. The van der Waals surface area contributed by atoms with Crippen molar-refractivity contribution in [1.29, 1.82) is 0 Å². The van der Waals surface area contributed by atoms with Crippen LogP contribution in [0.15, 0.2) is 42.6 Å². The minimum atomic E-state index is -0.0821. The highest BCUT2D eigenvalue weighted by Gasteiger charge is 2.31. The maximum absolute atomic E-state index is 6.14. The number of hydrogen-bond acceptors (Lipinski definition) is 3. The Morgan fingerprint density at radius 2 is 2.12 bits per heavy atom. The highest BCUT2D eigenvalue weighted by molar-refractivity contribution is 5.75. The van der Waals surface area contributed by atoms with E-state index in [1.54, 1.807) is 0 Å². The molecular weight excluding hydrogens is 298 g/mol. The van der Waals surface area contributed by atoms with Crippen molar-refractivity contribution in [2.24, 2.45) is 0 Å². The summed E-state index contributed by atoms with van der Waals surface area (Å²) >= 11 is 0. The number of nitrogens with zero attached hydrogens (tertiary/aromatic N) is 1. The van der Waals surface area contributed by atoms with Gasteiger partial charge in [0.25, 0.3) is 0 Å². The molecule has 2 N–H and O–H groups in total. The molecular formula is C20H23N3O. The van der Waals surface area contributed by atoms with Crippen LogP contribution in [-0.2, 0) is 19.4 Å². The molecule has 0 amide bonds. The number of benzene rings is 1. The molecule has 4 heteroatoms. The van der Waals surface area contributed by atoms with E-state index in [-0.39, 0.29) is 5.60 Å². The van der Waals surface area contributed by atoms with Crippen LogP contribution in [0.2, 0.25) is 0 Å². The predicted molar refractivity (Wildman–Crippen MR) is 96.4 cm³/mol. The van der Waals surface area contributed by atoms with Crippen molar-refractivity contribution < 1.29 is 4.74 Å². The van der Waals surface area contributed by atoms with E-state index in [1.165, 1.54) is 11.1 Å². The summed E-state index contributed by atoms with van der Waals surface area (Å²) in [7, 11) is 0. The first-order chi connectivity index (χ1) is 11.6. The van der Waals surface area contributed by atoms with Crippen LogP contribution in [0.1, 0.15) is 30.7 Å². The van der Waals surface area contributed by atoms with Gasteiger partial charge in [0.1, 0.15) is 17.0 Å². The smallest absolute Gasteiger partial charge is 0.137 e. The number of rotatable bonds is 5. The van der Waals surface area contributed by atoms with E-state index >= 15 is 0 Å². The van der Waals surface area contributed by atoms with Gasteiger partial charge in [0.05, 0.1) is 5.69 Å². The molecule has 0 aliphatic carbocycles. The normalized spacial score (nSPS) is 15.4. The summed E-state index contributed by atoms with van der Waals surface area (Å²) in [5.41, 5.74) is 4.54. The molecule has 2 aromatic heterocycles. The number of H-pyrrole nitrogens is 1. The van der Waals surface area contributed by atoms with Gasteiger partial charge in [-0.1, -0.05) is 18.2 Å². The van der Waals surface area contributed by atoms with Crippen LogP contribution in [-0.4, -0.2) is 22.1 Å². The van der Waals surface area contributed by atoms with Gasteiger partial charge in [0.2, 0.25) is 0 Å². The quantitative estimate of drug-likeness (QED) is 0.706. The molecule has 124 valence electrons. The number of fused-ring (bicyclic) bond motifs is 2. The predicted octanol–water partition coefficient (Wildman–Crippen LogP) is 3.61. The van der Waals surface area contributed by atoms with Gasteiger partial charge in [-0.3, -0.25) is 0 Å². The zero-order valence-corrected chi connectivity index (χ0v) is 14.2.